The van der Waals surface area contributed by atoms with Gasteiger partial charge >= 0.3 is 21.3 Å². The maximum Gasteiger partial charge on any atom is 0.466 e. The number of halogens is 2. The number of hydrogen-bond acceptors (Lipinski definition) is 5. The van der Waals surface area contributed by atoms with Crippen molar-refractivity contribution in [3.8, 4) is 0 Å². The SMILES string of the molecule is COS(=O)(=O)C(F)(F)C(=O)OCC12CC3CC4CC(C1)C2(C4)C3. The number of fused-ring (bicyclic) bond motifs is 2. The number of carbonyl (C=O) groups excluding carboxylic acids is 1. The van der Waals surface area contributed by atoms with Gasteiger partial charge in [-0.05, 0) is 61.7 Å². The Hall–Kier alpha value is -0.760. The molecule has 0 aromatic rings. The van der Waals surface area contributed by atoms with Crippen LogP contribution in [0, 0.1) is 28.6 Å². The molecule has 0 N–H and O–H groups in total. The van der Waals surface area contributed by atoms with Crippen LogP contribution >= 0.6 is 0 Å². The number of esters is 1. The quantitative estimate of drug-likeness (QED) is 0.562. The van der Waals surface area contributed by atoms with Crippen molar-refractivity contribution < 1.29 is 30.9 Å². The highest BCUT2D eigenvalue weighted by Gasteiger charge is 2.74. The van der Waals surface area contributed by atoms with E-state index in [4.69, 9.17) is 4.74 Å². The van der Waals surface area contributed by atoms with Gasteiger partial charge in [0.15, 0.2) is 0 Å². The van der Waals surface area contributed by atoms with Crippen LogP contribution in [0.5, 0.6) is 0 Å². The molecule has 4 rings (SSSR count). The second-order valence-electron chi connectivity index (χ2n) is 7.87. The van der Waals surface area contributed by atoms with Crippen LogP contribution in [0.4, 0.5) is 8.78 Å². The van der Waals surface area contributed by atoms with Crippen molar-refractivity contribution in [2.24, 2.45) is 28.6 Å². The van der Waals surface area contributed by atoms with Crippen molar-refractivity contribution in [3.05, 3.63) is 0 Å². The van der Waals surface area contributed by atoms with Gasteiger partial charge in [-0.3, -0.25) is 4.18 Å². The number of alkyl halides is 2. The molecule has 4 fully saturated rings. The van der Waals surface area contributed by atoms with Crippen molar-refractivity contribution in [3.63, 3.8) is 0 Å². The number of rotatable bonds is 5. The van der Waals surface area contributed by atoms with Crippen LogP contribution < -0.4 is 0 Å². The minimum atomic E-state index is -5.29. The zero-order valence-electron chi connectivity index (χ0n) is 12.9. The van der Waals surface area contributed by atoms with Gasteiger partial charge in [-0.15, -0.1) is 0 Å². The molecule has 0 radical (unpaired) electrons. The van der Waals surface area contributed by atoms with E-state index >= 15 is 0 Å². The van der Waals surface area contributed by atoms with Gasteiger partial charge < -0.3 is 4.74 Å². The van der Waals surface area contributed by atoms with Gasteiger partial charge in [0.25, 0.3) is 0 Å². The minimum Gasteiger partial charge on any atom is -0.460 e. The highest BCUT2D eigenvalue weighted by Crippen LogP contribution is 2.81. The molecule has 0 heterocycles. The monoisotopic (exact) mass is 350 g/mol. The highest BCUT2D eigenvalue weighted by atomic mass is 32.2. The summed E-state index contributed by atoms with van der Waals surface area (Å²) in [5, 5.41) is -4.66. The van der Waals surface area contributed by atoms with E-state index in [2.05, 4.69) is 4.18 Å². The van der Waals surface area contributed by atoms with E-state index in [9.17, 15) is 22.0 Å². The lowest BCUT2D eigenvalue weighted by molar-refractivity contribution is -0.182. The Morgan fingerprint density at radius 3 is 2.57 bits per heavy atom. The molecule has 4 aliphatic carbocycles. The average molecular weight is 350 g/mol. The van der Waals surface area contributed by atoms with Gasteiger partial charge in [0.1, 0.15) is 0 Å². The van der Waals surface area contributed by atoms with Crippen LogP contribution in [0.2, 0.25) is 0 Å². The van der Waals surface area contributed by atoms with Gasteiger partial charge in [0.2, 0.25) is 0 Å². The van der Waals surface area contributed by atoms with Crippen LogP contribution in [0.3, 0.4) is 0 Å². The Kier molecular flexibility index (Phi) is 3.04. The zero-order chi connectivity index (χ0) is 16.7. The first-order valence-corrected chi connectivity index (χ1v) is 9.42. The zero-order valence-corrected chi connectivity index (χ0v) is 13.7. The van der Waals surface area contributed by atoms with Crippen molar-refractivity contribution in [2.75, 3.05) is 13.7 Å². The topological polar surface area (TPSA) is 69.7 Å². The van der Waals surface area contributed by atoms with Crippen LogP contribution in [-0.2, 0) is 23.8 Å². The number of ether oxygens (including phenoxy) is 1. The third-order valence-electron chi connectivity index (χ3n) is 7.00. The molecule has 5 unspecified atom stereocenters. The fourth-order valence-electron chi connectivity index (χ4n) is 6.33. The lowest BCUT2D eigenvalue weighted by atomic mass is 9.46. The summed E-state index contributed by atoms with van der Waals surface area (Å²) in [6.07, 6.45) is 6.45. The van der Waals surface area contributed by atoms with Crippen LogP contribution in [0.15, 0.2) is 0 Å². The molecule has 0 aromatic carbocycles. The first-order valence-electron chi connectivity index (χ1n) is 8.01. The van der Waals surface area contributed by atoms with Gasteiger partial charge in [0, 0.05) is 5.41 Å². The predicted octanol–water partition coefficient (Wildman–Crippen LogP) is 2.32. The average Bonchev–Trinajstić information content (AvgIpc) is 2.80. The van der Waals surface area contributed by atoms with Gasteiger partial charge in [-0.1, -0.05) is 0 Å². The van der Waals surface area contributed by atoms with Gasteiger partial charge in [0.05, 0.1) is 13.7 Å². The van der Waals surface area contributed by atoms with Crippen LogP contribution in [-0.4, -0.2) is 33.4 Å². The maximum atomic E-state index is 13.7. The molecular weight excluding hydrogens is 330 g/mol. The smallest absolute Gasteiger partial charge is 0.460 e. The molecule has 1 spiro atoms. The molecule has 130 valence electrons. The molecule has 23 heavy (non-hydrogen) atoms. The molecule has 3 bridgehead atoms. The summed E-state index contributed by atoms with van der Waals surface area (Å²) in [5.41, 5.74) is -0.0631. The summed E-state index contributed by atoms with van der Waals surface area (Å²) >= 11 is 0. The van der Waals surface area contributed by atoms with E-state index in [1.165, 1.54) is 12.8 Å². The van der Waals surface area contributed by atoms with E-state index in [1.54, 1.807) is 0 Å². The minimum absolute atomic E-state index is 0.0968. The number of hydrogen-bond donors (Lipinski definition) is 0. The Morgan fingerprint density at radius 2 is 1.87 bits per heavy atom. The predicted molar refractivity (Wildman–Crippen MR) is 74.9 cm³/mol. The van der Waals surface area contributed by atoms with Crippen LogP contribution in [0.25, 0.3) is 0 Å². The van der Waals surface area contributed by atoms with Crippen molar-refractivity contribution in [2.45, 2.75) is 43.8 Å². The second kappa shape index (κ2) is 4.45. The van der Waals surface area contributed by atoms with E-state index in [1.807, 2.05) is 0 Å². The Labute approximate surface area is 133 Å². The molecule has 8 heteroatoms. The fourth-order valence-corrected chi connectivity index (χ4v) is 6.80. The summed E-state index contributed by atoms with van der Waals surface area (Å²) in [6.45, 7) is -0.0968. The highest BCUT2D eigenvalue weighted by molar-refractivity contribution is 7.88. The lowest BCUT2D eigenvalue weighted by Gasteiger charge is -2.58. The summed E-state index contributed by atoms with van der Waals surface area (Å²) in [5.74, 6) is -0.0659. The van der Waals surface area contributed by atoms with E-state index in [0.717, 1.165) is 31.6 Å². The third kappa shape index (κ3) is 1.79. The Morgan fingerprint density at radius 1 is 1.17 bits per heavy atom. The normalized spacial score (nSPS) is 44.0. The van der Waals surface area contributed by atoms with Crippen molar-refractivity contribution in [1.29, 1.82) is 0 Å². The summed E-state index contributed by atoms with van der Waals surface area (Å²) in [4.78, 5) is 11.7. The number of carbonyl (C=O) groups is 1. The van der Waals surface area contributed by atoms with E-state index in [-0.39, 0.29) is 17.4 Å². The summed E-state index contributed by atoms with van der Waals surface area (Å²) in [7, 11) is -4.69. The molecule has 0 saturated heterocycles. The third-order valence-corrected chi connectivity index (χ3v) is 8.23. The van der Waals surface area contributed by atoms with Gasteiger partial charge in [-0.2, -0.15) is 17.2 Å². The molecule has 5 atom stereocenters. The summed E-state index contributed by atoms with van der Waals surface area (Å²) < 4.78 is 58.3. The molecular formula is C15H20F2O5S. The molecule has 4 saturated carbocycles. The standard InChI is InChI=1S/C15H20F2O5S/c1-21-23(19,20)15(16,17)12(18)22-8-13-4-10-2-9-3-11(7-13)14(13,5-9)6-10/h9-11H,2-8H2,1H3. The summed E-state index contributed by atoms with van der Waals surface area (Å²) in [6, 6.07) is 0. The fraction of sp³-hybridized carbons (Fsp3) is 0.933. The molecule has 0 aliphatic heterocycles. The Balaban J connectivity index is 1.49. The Bertz CT molecular complexity index is 657. The van der Waals surface area contributed by atoms with E-state index in [0.29, 0.717) is 18.9 Å². The molecule has 5 nitrogen and oxygen atoms in total. The largest absolute Gasteiger partial charge is 0.466 e. The maximum absolute atomic E-state index is 13.7. The second-order valence-corrected chi connectivity index (χ2v) is 9.62. The lowest BCUT2D eigenvalue weighted by Crippen LogP contribution is -2.55. The first-order chi connectivity index (χ1) is 10.7. The molecule has 0 amide bonds. The van der Waals surface area contributed by atoms with Crippen LogP contribution in [0.1, 0.15) is 38.5 Å². The molecule has 4 aliphatic rings. The van der Waals surface area contributed by atoms with Crippen molar-refractivity contribution >= 4 is 16.1 Å². The van der Waals surface area contributed by atoms with Crippen molar-refractivity contribution in [1.82, 2.24) is 0 Å². The van der Waals surface area contributed by atoms with E-state index < -0.39 is 21.3 Å². The van der Waals surface area contributed by atoms with Gasteiger partial charge in [-0.25, -0.2) is 4.79 Å². The molecule has 0 aromatic heterocycles. The first kappa shape index (κ1) is 15.7.